The molecule has 2 aromatic rings. The van der Waals surface area contributed by atoms with Crippen molar-refractivity contribution < 1.29 is 14.3 Å². The van der Waals surface area contributed by atoms with Gasteiger partial charge in [-0.15, -0.1) is 0 Å². The molecule has 0 unspecified atom stereocenters. The van der Waals surface area contributed by atoms with Gasteiger partial charge in [0.05, 0.1) is 24.1 Å². The van der Waals surface area contributed by atoms with E-state index in [1.54, 1.807) is 36.6 Å². The molecule has 27 heavy (non-hydrogen) atoms. The monoisotopic (exact) mass is 369 g/mol. The molecule has 142 valence electrons. The second-order valence-corrected chi connectivity index (χ2v) is 6.15. The highest BCUT2D eigenvalue weighted by Crippen LogP contribution is 2.17. The number of carbonyl (C=O) groups is 2. The molecule has 0 aromatic carbocycles. The molecule has 0 aliphatic carbocycles. The fourth-order valence-corrected chi connectivity index (χ4v) is 2.87. The lowest BCUT2D eigenvalue weighted by molar-refractivity contribution is 0.0950. The lowest BCUT2D eigenvalue weighted by atomic mass is 10.2. The molecule has 1 aliphatic rings. The van der Waals surface area contributed by atoms with Crippen LogP contribution in [0.1, 0.15) is 22.8 Å². The Morgan fingerprint density at radius 2 is 1.96 bits per heavy atom. The van der Waals surface area contributed by atoms with Crippen molar-refractivity contribution >= 4 is 17.7 Å². The van der Waals surface area contributed by atoms with E-state index in [1.807, 2.05) is 18.2 Å². The van der Waals surface area contributed by atoms with Crippen molar-refractivity contribution in [2.45, 2.75) is 13.5 Å². The van der Waals surface area contributed by atoms with E-state index in [1.165, 1.54) is 0 Å². The van der Waals surface area contributed by atoms with Gasteiger partial charge in [0.2, 0.25) is 0 Å². The van der Waals surface area contributed by atoms with Crippen LogP contribution in [0.4, 0.5) is 10.5 Å². The molecule has 0 saturated carbocycles. The van der Waals surface area contributed by atoms with Crippen LogP contribution in [0.2, 0.25) is 0 Å². The number of nitrogens with one attached hydrogen (secondary N) is 1. The molecule has 8 nitrogen and oxygen atoms in total. The zero-order chi connectivity index (χ0) is 19.1. The molecular formula is C19H23N5O3. The summed E-state index contributed by atoms with van der Waals surface area (Å²) < 4.78 is 5.04. The third-order valence-electron chi connectivity index (χ3n) is 4.33. The second-order valence-electron chi connectivity index (χ2n) is 6.15. The van der Waals surface area contributed by atoms with E-state index in [9.17, 15) is 9.59 Å². The quantitative estimate of drug-likeness (QED) is 0.863. The molecule has 0 spiro atoms. The van der Waals surface area contributed by atoms with Gasteiger partial charge in [0.1, 0.15) is 0 Å². The van der Waals surface area contributed by atoms with Gasteiger partial charge in [0.25, 0.3) is 5.91 Å². The van der Waals surface area contributed by atoms with Crippen LogP contribution in [0, 0.1) is 0 Å². The molecule has 1 N–H and O–H groups in total. The largest absolute Gasteiger partial charge is 0.450 e. The van der Waals surface area contributed by atoms with Crippen molar-refractivity contribution in [3.63, 3.8) is 0 Å². The first-order valence-corrected chi connectivity index (χ1v) is 8.96. The minimum absolute atomic E-state index is 0.182. The van der Waals surface area contributed by atoms with Crippen LogP contribution in [0.25, 0.3) is 0 Å². The first-order valence-electron chi connectivity index (χ1n) is 8.96. The standard InChI is InChI=1S/C19H23N5O3/c1-2-27-19(26)24-8-6-23(7-9-24)17-10-16(13-21-14-17)18(25)22-12-15-4-3-5-20-11-15/h3-5,10-11,13-14H,2,6-9,12H2,1H3,(H,22,25). The lowest BCUT2D eigenvalue weighted by Gasteiger charge is -2.35. The zero-order valence-corrected chi connectivity index (χ0v) is 15.3. The summed E-state index contributed by atoms with van der Waals surface area (Å²) in [6.07, 6.45) is 6.42. The summed E-state index contributed by atoms with van der Waals surface area (Å²) in [6, 6.07) is 5.57. The topological polar surface area (TPSA) is 87.7 Å². The maximum absolute atomic E-state index is 12.4. The van der Waals surface area contributed by atoms with Gasteiger partial charge in [-0.1, -0.05) is 6.07 Å². The fraction of sp³-hybridized carbons (Fsp3) is 0.368. The first kappa shape index (κ1) is 18.6. The number of carbonyl (C=O) groups excluding carboxylic acids is 2. The van der Waals surface area contributed by atoms with E-state index in [4.69, 9.17) is 4.74 Å². The van der Waals surface area contributed by atoms with Crippen molar-refractivity contribution in [2.75, 3.05) is 37.7 Å². The van der Waals surface area contributed by atoms with Crippen LogP contribution < -0.4 is 10.2 Å². The molecule has 0 radical (unpaired) electrons. The number of rotatable bonds is 5. The second kappa shape index (κ2) is 8.98. The van der Waals surface area contributed by atoms with Crippen molar-refractivity contribution in [3.8, 4) is 0 Å². The summed E-state index contributed by atoms with van der Waals surface area (Å²) in [5, 5.41) is 2.87. The lowest BCUT2D eigenvalue weighted by Crippen LogP contribution is -2.49. The normalized spacial score (nSPS) is 14.0. The van der Waals surface area contributed by atoms with Crippen molar-refractivity contribution in [1.29, 1.82) is 0 Å². The van der Waals surface area contributed by atoms with Gasteiger partial charge in [0, 0.05) is 51.3 Å². The van der Waals surface area contributed by atoms with Crippen LogP contribution in [0.15, 0.2) is 43.0 Å². The highest BCUT2D eigenvalue weighted by atomic mass is 16.6. The summed E-state index contributed by atoms with van der Waals surface area (Å²) in [4.78, 5) is 36.2. The smallest absolute Gasteiger partial charge is 0.409 e. The minimum atomic E-state index is -0.279. The van der Waals surface area contributed by atoms with Crippen molar-refractivity contribution in [2.24, 2.45) is 0 Å². The highest BCUT2D eigenvalue weighted by molar-refractivity contribution is 5.94. The van der Waals surface area contributed by atoms with Gasteiger partial charge in [-0.05, 0) is 24.6 Å². The molecule has 2 amide bonds. The maximum atomic E-state index is 12.4. The maximum Gasteiger partial charge on any atom is 0.409 e. The SMILES string of the molecule is CCOC(=O)N1CCN(c2cncc(C(=O)NCc3cccnc3)c2)CC1. The van der Waals surface area contributed by atoms with Gasteiger partial charge < -0.3 is 19.9 Å². The highest BCUT2D eigenvalue weighted by Gasteiger charge is 2.22. The number of amides is 2. The molecule has 3 rings (SSSR count). The number of nitrogens with zero attached hydrogens (tertiary/aromatic N) is 4. The Labute approximate surface area is 158 Å². The number of hydrogen-bond acceptors (Lipinski definition) is 6. The van der Waals surface area contributed by atoms with E-state index in [0.29, 0.717) is 44.9 Å². The molecule has 0 bridgehead atoms. The molecule has 3 heterocycles. The molecule has 8 heteroatoms. The number of ether oxygens (including phenoxy) is 1. The van der Waals surface area contributed by atoms with E-state index in [2.05, 4.69) is 20.2 Å². The van der Waals surface area contributed by atoms with E-state index >= 15 is 0 Å². The van der Waals surface area contributed by atoms with Crippen LogP contribution in [0.3, 0.4) is 0 Å². The zero-order valence-electron chi connectivity index (χ0n) is 15.3. The minimum Gasteiger partial charge on any atom is -0.450 e. The Morgan fingerprint density at radius 1 is 1.15 bits per heavy atom. The van der Waals surface area contributed by atoms with Gasteiger partial charge >= 0.3 is 6.09 Å². The van der Waals surface area contributed by atoms with Crippen LogP contribution in [0.5, 0.6) is 0 Å². The Bertz CT molecular complexity index is 776. The Kier molecular flexibility index (Phi) is 6.19. The molecule has 1 fully saturated rings. The molecule has 0 atom stereocenters. The van der Waals surface area contributed by atoms with Gasteiger partial charge in [0.15, 0.2) is 0 Å². The third-order valence-corrected chi connectivity index (χ3v) is 4.33. The summed E-state index contributed by atoms with van der Waals surface area (Å²) in [6.45, 7) is 5.08. The summed E-state index contributed by atoms with van der Waals surface area (Å²) >= 11 is 0. The third kappa shape index (κ3) is 4.93. The number of hydrogen-bond donors (Lipinski definition) is 1. The van der Waals surface area contributed by atoms with Crippen LogP contribution in [-0.2, 0) is 11.3 Å². The van der Waals surface area contributed by atoms with Crippen LogP contribution >= 0.6 is 0 Å². The average Bonchev–Trinajstić information content (AvgIpc) is 2.73. The Balaban J connectivity index is 1.57. The fourth-order valence-electron chi connectivity index (χ4n) is 2.87. The van der Waals surface area contributed by atoms with E-state index < -0.39 is 0 Å². The van der Waals surface area contributed by atoms with Crippen molar-refractivity contribution in [3.05, 3.63) is 54.1 Å². The predicted octanol–water partition coefficient (Wildman–Crippen LogP) is 1.69. The summed E-state index contributed by atoms with van der Waals surface area (Å²) in [5.41, 5.74) is 2.31. The van der Waals surface area contributed by atoms with Crippen LogP contribution in [-0.4, -0.2) is 59.7 Å². The number of pyridine rings is 2. The van der Waals surface area contributed by atoms with Gasteiger partial charge in [-0.3, -0.25) is 14.8 Å². The number of piperazine rings is 1. The Morgan fingerprint density at radius 3 is 2.67 bits per heavy atom. The predicted molar refractivity (Wildman–Crippen MR) is 100 cm³/mol. The first-order chi connectivity index (χ1) is 13.2. The average molecular weight is 369 g/mol. The molecule has 1 saturated heterocycles. The van der Waals surface area contributed by atoms with E-state index in [-0.39, 0.29) is 12.0 Å². The van der Waals surface area contributed by atoms with Gasteiger partial charge in [-0.25, -0.2) is 4.79 Å². The number of anilines is 1. The molecule has 2 aromatic heterocycles. The summed E-state index contributed by atoms with van der Waals surface area (Å²) in [7, 11) is 0. The Hall–Kier alpha value is -3.16. The number of aromatic nitrogens is 2. The summed E-state index contributed by atoms with van der Waals surface area (Å²) in [5.74, 6) is -0.182. The van der Waals surface area contributed by atoms with Crippen molar-refractivity contribution in [1.82, 2.24) is 20.2 Å². The molecular weight excluding hydrogens is 346 g/mol. The molecule has 1 aliphatic heterocycles. The van der Waals surface area contributed by atoms with E-state index in [0.717, 1.165) is 11.3 Å². The van der Waals surface area contributed by atoms with Gasteiger partial charge in [-0.2, -0.15) is 0 Å².